The van der Waals surface area contributed by atoms with Crippen molar-refractivity contribution in [1.82, 2.24) is 0 Å². The molecule has 3 aromatic carbocycles. The molecule has 0 fully saturated rings. The SMILES string of the molecule is NC(=O)c1ccc(NC(=O)COC(=O)CSc2cccc3cccc(Cl)c23)cc1. The van der Waals surface area contributed by atoms with Gasteiger partial charge in [-0.05, 0) is 41.8 Å². The van der Waals surface area contributed by atoms with Crippen molar-refractivity contribution in [2.45, 2.75) is 4.90 Å². The number of thioether (sulfide) groups is 1. The molecule has 0 unspecified atom stereocenters. The predicted molar refractivity (Wildman–Crippen MR) is 114 cm³/mol. The van der Waals surface area contributed by atoms with Gasteiger partial charge < -0.3 is 15.8 Å². The minimum absolute atomic E-state index is 0.0466. The molecule has 0 aliphatic heterocycles. The summed E-state index contributed by atoms with van der Waals surface area (Å²) in [6, 6.07) is 17.4. The van der Waals surface area contributed by atoms with E-state index >= 15 is 0 Å². The van der Waals surface area contributed by atoms with Gasteiger partial charge in [-0.3, -0.25) is 14.4 Å². The fraction of sp³-hybridized carbons (Fsp3) is 0.0952. The summed E-state index contributed by atoms with van der Waals surface area (Å²) in [6.07, 6.45) is 0. The van der Waals surface area contributed by atoms with Gasteiger partial charge in [0.2, 0.25) is 5.91 Å². The van der Waals surface area contributed by atoms with Crippen molar-refractivity contribution >= 4 is 57.6 Å². The van der Waals surface area contributed by atoms with E-state index in [-0.39, 0.29) is 5.75 Å². The highest BCUT2D eigenvalue weighted by molar-refractivity contribution is 8.00. The number of carbonyl (C=O) groups excluding carboxylic acids is 3. The number of amides is 2. The third-order valence-corrected chi connectivity index (χ3v) is 5.32. The van der Waals surface area contributed by atoms with Crippen LogP contribution in [0.2, 0.25) is 5.02 Å². The number of halogens is 1. The lowest BCUT2D eigenvalue weighted by atomic mass is 10.1. The number of ether oxygens (including phenoxy) is 1. The van der Waals surface area contributed by atoms with Crippen LogP contribution in [0.5, 0.6) is 0 Å². The number of esters is 1. The van der Waals surface area contributed by atoms with E-state index in [4.69, 9.17) is 22.1 Å². The lowest BCUT2D eigenvalue weighted by Crippen LogP contribution is -2.21. The number of nitrogens with one attached hydrogen (secondary N) is 1. The number of carbonyl (C=O) groups is 3. The molecular weight excluding hydrogens is 412 g/mol. The minimum Gasteiger partial charge on any atom is -0.455 e. The van der Waals surface area contributed by atoms with Gasteiger partial charge >= 0.3 is 5.97 Å². The molecule has 0 bridgehead atoms. The molecule has 3 aromatic rings. The smallest absolute Gasteiger partial charge is 0.316 e. The van der Waals surface area contributed by atoms with Crippen LogP contribution in [0.15, 0.2) is 65.6 Å². The lowest BCUT2D eigenvalue weighted by Gasteiger charge is -2.09. The quantitative estimate of drug-likeness (QED) is 0.439. The van der Waals surface area contributed by atoms with Gasteiger partial charge in [0.1, 0.15) is 0 Å². The first-order valence-corrected chi connectivity index (χ1v) is 9.96. The zero-order chi connectivity index (χ0) is 20.8. The summed E-state index contributed by atoms with van der Waals surface area (Å²) >= 11 is 7.57. The normalized spacial score (nSPS) is 10.5. The van der Waals surface area contributed by atoms with E-state index in [1.54, 1.807) is 18.2 Å². The van der Waals surface area contributed by atoms with Crippen LogP contribution in [-0.4, -0.2) is 30.1 Å². The maximum atomic E-state index is 12.0. The Morgan fingerprint density at radius 1 is 1.00 bits per heavy atom. The topological polar surface area (TPSA) is 98.5 Å². The van der Waals surface area contributed by atoms with Crippen LogP contribution in [0, 0.1) is 0 Å². The van der Waals surface area contributed by atoms with Gasteiger partial charge in [0.05, 0.1) is 5.75 Å². The summed E-state index contributed by atoms with van der Waals surface area (Å²) in [7, 11) is 0. The van der Waals surface area contributed by atoms with Gasteiger partial charge in [0.25, 0.3) is 5.91 Å². The zero-order valence-corrected chi connectivity index (χ0v) is 16.8. The van der Waals surface area contributed by atoms with E-state index in [1.807, 2.05) is 30.3 Å². The molecule has 0 atom stereocenters. The molecule has 0 aliphatic carbocycles. The van der Waals surface area contributed by atoms with E-state index < -0.39 is 24.4 Å². The molecule has 0 aliphatic rings. The van der Waals surface area contributed by atoms with Crippen molar-refractivity contribution in [3.05, 3.63) is 71.2 Å². The van der Waals surface area contributed by atoms with E-state index in [0.29, 0.717) is 16.3 Å². The summed E-state index contributed by atoms with van der Waals surface area (Å²) in [5.74, 6) is -1.51. The molecule has 0 saturated heterocycles. The Hall–Kier alpha value is -3.03. The Balaban J connectivity index is 1.50. The predicted octanol–water partition coefficient (Wildman–Crippen LogP) is 3.87. The molecule has 6 nitrogen and oxygen atoms in total. The van der Waals surface area contributed by atoms with Crippen LogP contribution in [0.4, 0.5) is 5.69 Å². The zero-order valence-electron chi connectivity index (χ0n) is 15.2. The first-order valence-electron chi connectivity index (χ1n) is 8.59. The highest BCUT2D eigenvalue weighted by Crippen LogP contribution is 2.33. The maximum absolute atomic E-state index is 12.0. The van der Waals surface area contributed by atoms with E-state index in [9.17, 15) is 14.4 Å². The molecule has 148 valence electrons. The van der Waals surface area contributed by atoms with Crippen molar-refractivity contribution < 1.29 is 19.1 Å². The van der Waals surface area contributed by atoms with Crippen LogP contribution >= 0.6 is 23.4 Å². The van der Waals surface area contributed by atoms with Crippen molar-refractivity contribution in [1.29, 1.82) is 0 Å². The van der Waals surface area contributed by atoms with Gasteiger partial charge in [-0.1, -0.05) is 35.9 Å². The number of primary amides is 1. The second-order valence-electron chi connectivity index (χ2n) is 6.03. The van der Waals surface area contributed by atoms with Crippen molar-refractivity contribution in [2.24, 2.45) is 5.73 Å². The molecule has 3 N–H and O–H groups in total. The van der Waals surface area contributed by atoms with Crippen LogP contribution < -0.4 is 11.1 Å². The Morgan fingerprint density at radius 3 is 2.38 bits per heavy atom. The molecule has 0 heterocycles. The number of fused-ring (bicyclic) bond motifs is 1. The number of anilines is 1. The van der Waals surface area contributed by atoms with Crippen molar-refractivity contribution in [3.63, 3.8) is 0 Å². The molecule has 29 heavy (non-hydrogen) atoms. The first kappa shape index (κ1) is 20.7. The highest BCUT2D eigenvalue weighted by Gasteiger charge is 2.11. The van der Waals surface area contributed by atoms with Crippen LogP contribution in [-0.2, 0) is 14.3 Å². The fourth-order valence-corrected chi connectivity index (χ4v) is 3.87. The Morgan fingerprint density at radius 2 is 1.69 bits per heavy atom. The summed E-state index contributed by atoms with van der Waals surface area (Å²) in [4.78, 5) is 35.8. The highest BCUT2D eigenvalue weighted by atomic mass is 35.5. The van der Waals surface area contributed by atoms with E-state index in [0.717, 1.165) is 15.7 Å². The molecule has 0 aromatic heterocycles. The van der Waals surface area contributed by atoms with Gasteiger partial charge in [0, 0.05) is 26.6 Å². The van der Waals surface area contributed by atoms with Gasteiger partial charge in [-0.2, -0.15) is 0 Å². The second-order valence-corrected chi connectivity index (χ2v) is 7.46. The summed E-state index contributed by atoms with van der Waals surface area (Å²) in [6.45, 7) is -0.409. The number of hydrogen-bond donors (Lipinski definition) is 2. The monoisotopic (exact) mass is 428 g/mol. The largest absolute Gasteiger partial charge is 0.455 e. The van der Waals surface area contributed by atoms with Crippen LogP contribution in [0.1, 0.15) is 10.4 Å². The Kier molecular flexibility index (Phi) is 6.74. The third-order valence-electron chi connectivity index (χ3n) is 3.98. The standard InChI is InChI=1S/C21H17ClN2O4S/c22-16-5-1-3-13-4-2-6-17(20(13)16)29-12-19(26)28-11-18(25)24-15-9-7-14(8-10-15)21(23)27/h1-10H,11-12H2,(H2,23,27)(H,24,25). The summed E-state index contributed by atoms with van der Waals surface area (Å²) in [5, 5.41) is 5.05. The third kappa shape index (κ3) is 5.49. The maximum Gasteiger partial charge on any atom is 0.316 e. The number of rotatable bonds is 7. The van der Waals surface area contributed by atoms with Gasteiger partial charge in [0.15, 0.2) is 6.61 Å². The minimum atomic E-state index is -0.554. The summed E-state index contributed by atoms with van der Waals surface area (Å²) in [5.41, 5.74) is 5.96. The van der Waals surface area contributed by atoms with Crippen molar-refractivity contribution in [3.8, 4) is 0 Å². The number of hydrogen-bond acceptors (Lipinski definition) is 5. The van der Waals surface area contributed by atoms with E-state index in [2.05, 4.69) is 5.32 Å². The average Bonchev–Trinajstić information content (AvgIpc) is 2.71. The molecular formula is C21H17ClN2O4S. The summed E-state index contributed by atoms with van der Waals surface area (Å²) < 4.78 is 5.02. The fourth-order valence-electron chi connectivity index (χ4n) is 2.62. The van der Waals surface area contributed by atoms with Gasteiger partial charge in [-0.25, -0.2) is 0 Å². The number of benzene rings is 3. The van der Waals surface area contributed by atoms with Crippen LogP contribution in [0.25, 0.3) is 10.8 Å². The first-order chi connectivity index (χ1) is 13.9. The molecule has 8 heteroatoms. The Labute approximate surface area is 176 Å². The van der Waals surface area contributed by atoms with E-state index in [1.165, 1.54) is 23.9 Å². The van der Waals surface area contributed by atoms with Crippen molar-refractivity contribution in [2.75, 3.05) is 17.7 Å². The molecule has 3 rings (SSSR count). The lowest BCUT2D eigenvalue weighted by molar-refractivity contribution is -0.144. The molecule has 0 radical (unpaired) electrons. The average molecular weight is 429 g/mol. The van der Waals surface area contributed by atoms with Crippen LogP contribution in [0.3, 0.4) is 0 Å². The number of nitrogens with two attached hydrogens (primary N) is 1. The van der Waals surface area contributed by atoms with Gasteiger partial charge in [-0.15, -0.1) is 11.8 Å². The molecule has 0 spiro atoms. The second kappa shape index (κ2) is 9.45. The molecule has 2 amide bonds. The Bertz CT molecular complexity index is 1060. The molecule has 0 saturated carbocycles.